The first kappa shape index (κ1) is 20.9. The Morgan fingerprint density at radius 1 is 1.07 bits per heavy atom. The fourth-order valence-corrected chi connectivity index (χ4v) is 3.52. The zero-order valence-electron chi connectivity index (χ0n) is 14.7. The van der Waals surface area contributed by atoms with Gasteiger partial charge in [0.1, 0.15) is 6.04 Å². The lowest BCUT2D eigenvalue weighted by atomic mass is 10.2. The van der Waals surface area contributed by atoms with Crippen LogP contribution in [0.15, 0.2) is 53.4 Å². The van der Waals surface area contributed by atoms with Crippen molar-refractivity contribution in [2.24, 2.45) is 0 Å². The van der Waals surface area contributed by atoms with Crippen LogP contribution in [0.25, 0.3) is 0 Å². The molecule has 7 nitrogen and oxygen atoms in total. The average Bonchev–Trinajstić information content (AvgIpc) is 2.66. The molecule has 2 rings (SSSR count). The number of amides is 1. The lowest BCUT2D eigenvalue weighted by Gasteiger charge is -2.12. The van der Waals surface area contributed by atoms with Crippen molar-refractivity contribution in [2.75, 3.05) is 7.11 Å². The van der Waals surface area contributed by atoms with E-state index in [0.29, 0.717) is 10.6 Å². The Labute approximate surface area is 162 Å². The second-order valence-electron chi connectivity index (χ2n) is 5.70. The number of hydrogen-bond acceptors (Lipinski definition) is 5. The van der Waals surface area contributed by atoms with E-state index in [9.17, 15) is 18.0 Å². The van der Waals surface area contributed by atoms with Crippen molar-refractivity contribution in [3.05, 3.63) is 64.7 Å². The summed E-state index contributed by atoms with van der Waals surface area (Å²) in [5.41, 5.74) is 1.19. The number of benzene rings is 2. The van der Waals surface area contributed by atoms with E-state index in [1.165, 1.54) is 26.2 Å². The summed E-state index contributed by atoms with van der Waals surface area (Å²) in [6.45, 7) is 1.62. The first-order chi connectivity index (χ1) is 12.7. The number of halogens is 1. The predicted molar refractivity (Wildman–Crippen MR) is 101 cm³/mol. The Bertz CT molecular complexity index is 912. The number of esters is 1. The molecule has 27 heavy (non-hydrogen) atoms. The zero-order valence-corrected chi connectivity index (χ0v) is 16.3. The van der Waals surface area contributed by atoms with Gasteiger partial charge in [-0.15, -0.1) is 0 Å². The van der Waals surface area contributed by atoms with Crippen LogP contribution < -0.4 is 10.0 Å². The van der Waals surface area contributed by atoms with Gasteiger partial charge in [-0.05, 0) is 48.9 Å². The number of carbonyl (C=O) groups excluding carboxylic acids is 2. The third-order valence-electron chi connectivity index (χ3n) is 3.68. The fraction of sp³-hybridized carbons (Fsp3) is 0.222. The summed E-state index contributed by atoms with van der Waals surface area (Å²) in [5, 5.41) is 3.28. The Hall–Kier alpha value is -2.42. The summed E-state index contributed by atoms with van der Waals surface area (Å²) >= 11 is 5.79. The molecule has 0 bridgehead atoms. The first-order valence-corrected chi connectivity index (χ1v) is 9.82. The summed E-state index contributed by atoms with van der Waals surface area (Å²) in [6, 6.07) is 11.4. The second kappa shape index (κ2) is 8.98. The smallest absolute Gasteiger partial charge is 0.323 e. The zero-order chi connectivity index (χ0) is 20.0. The first-order valence-electron chi connectivity index (χ1n) is 7.96. The van der Waals surface area contributed by atoms with E-state index in [1.54, 1.807) is 36.4 Å². The third-order valence-corrected chi connectivity index (χ3v) is 5.49. The van der Waals surface area contributed by atoms with E-state index in [4.69, 9.17) is 11.6 Å². The number of nitrogens with one attached hydrogen (secondary N) is 2. The quantitative estimate of drug-likeness (QED) is 0.681. The number of ether oxygens (including phenoxy) is 1. The Kier molecular flexibility index (Phi) is 6.95. The largest absolute Gasteiger partial charge is 0.468 e. The molecule has 2 N–H and O–H groups in total. The molecule has 0 saturated heterocycles. The van der Waals surface area contributed by atoms with Crippen LogP contribution >= 0.6 is 11.6 Å². The number of sulfonamides is 1. The highest BCUT2D eigenvalue weighted by molar-refractivity contribution is 7.89. The van der Waals surface area contributed by atoms with E-state index >= 15 is 0 Å². The van der Waals surface area contributed by atoms with Crippen LogP contribution in [0, 0.1) is 0 Å². The molecule has 2 aromatic carbocycles. The second-order valence-corrected chi connectivity index (χ2v) is 7.85. The standard InChI is InChI=1S/C18H19ClN2O5S/c1-12(18(23)26-2)21-27(24,25)16-9-3-13(4-10-16)11-20-17(22)14-5-7-15(19)8-6-14/h3-10,12,21H,11H2,1-2H3,(H,20,22)/t12-/m1/s1. The van der Waals surface area contributed by atoms with Crippen LogP contribution in [0.2, 0.25) is 5.02 Å². The van der Waals surface area contributed by atoms with Gasteiger partial charge in [-0.1, -0.05) is 23.7 Å². The molecular weight excluding hydrogens is 392 g/mol. The maximum atomic E-state index is 12.3. The lowest BCUT2D eigenvalue weighted by Crippen LogP contribution is -2.39. The van der Waals surface area contributed by atoms with Gasteiger partial charge in [-0.3, -0.25) is 9.59 Å². The summed E-state index contributed by atoms with van der Waals surface area (Å²) in [5.74, 6) is -0.947. The molecular formula is C18H19ClN2O5S. The van der Waals surface area contributed by atoms with E-state index < -0.39 is 22.0 Å². The molecule has 0 unspecified atom stereocenters. The Morgan fingerprint density at radius 3 is 2.22 bits per heavy atom. The molecule has 0 aliphatic rings. The number of carbonyl (C=O) groups is 2. The fourth-order valence-electron chi connectivity index (χ4n) is 2.20. The van der Waals surface area contributed by atoms with Crippen molar-refractivity contribution in [3.8, 4) is 0 Å². The van der Waals surface area contributed by atoms with Gasteiger partial charge in [0.15, 0.2) is 0 Å². The van der Waals surface area contributed by atoms with Crippen molar-refractivity contribution in [2.45, 2.75) is 24.4 Å². The molecule has 1 amide bonds. The molecule has 9 heteroatoms. The van der Waals surface area contributed by atoms with E-state index in [-0.39, 0.29) is 17.3 Å². The lowest BCUT2D eigenvalue weighted by molar-refractivity contribution is -0.142. The monoisotopic (exact) mass is 410 g/mol. The van der Waals surface area contributed by atoms with Gasteiger partial charge in [0, 0.05) is 17.1 Å². The number of rotatable bonds is 7. The van der Waals surface area contributed by atoms with Crippen LogP contribution in [0.1, 0.15) is 22.8 Å². The molecule has 0 fully saturated rings. The number of hydrogen-bond donors (Lipinski definition) is 2. The SMILES string of the molecule is COC(=O)[C@@H](C)NS(=O)(=O)c1ccc(CNC(=O)c2ccc(Cl)cc2)cc1. The molecule has 0 heterocycles. The van der Waals surface area contributed by atoms with Crippen LogP contribution in [0.3, 0.4) is 0 Å². The summed E-state index contributed by atoms with van der Waals surface area (Å²) < 4.78 is 31.2. The molecule has 0 saturated carbocycles. The molecule has 0 radical (unpaired) electrons. The van der Waals surface area contributed by atoms with E-state index in [0.717, 1.165) is 5.56 Å². The van der Waals surface area contributed by atoms with Crippen LogP contribution in [-0.4, -0.2) is 33.4 Å². The van der Waals surface area contributed by atoms with Crippen molar-refractivity contribution in [1.82, 2.24) is 10.0 Å². The summed E-state index contributed by atoms with van der Waals surface area (Å²) in [6.07, 6.45) is 0. The van der Waals surface area contributed by atoms with Gasteiger partial charge in [0.05, 0.1) is 12.0 Å². The maximum absolute atomic E-state index is 12.3. The van der Waals surface area contributed by atoms with Crippen molar-refractivity contribution < 1.29 is 22.7 Å². The van der Waals surface area contributed by atoms with Crippen LogP contribution in [0.5, 0.6) is 0 Å². The molecule has 0 aliphatic carbocycles. The van der Waals surface area contributed by atoms with Gasteiger partial charge in [-0.25, -0.2) is 8.42 Å². The predicted octanol–water partition coefficient (Wildman–Crippen LogP) is 2.11. The molecule has 0 aromatic heterocycles. The van der Waals surface area contributed by atoms with Gasteiger partial charge in [-0.2, -0.15) is 4.72 Å². The van der Waals surface area contributed by atoms with Gasteiger partial charge in [0.25, 0.3) is 5.91 Å². The number of methoxy groups -OCH3 is 1. The van der Waals surface area contributed by atoms with Gasteiger partial charge < -0.3 is 10.1 Å². The average molecular weight is 411 g/mol. The Balaban J connectivity index is 1.99. The Morgan fingerprint density at radius 2 is 1.67 bits per heavy atom. The highest BCUT2D eigenvalue weighted by Crippen LogP contribution is 2.12. The van der Waals surface area contributed by atoms with Crippen molar-refractivity contribution in [3.63, 3.8) is 0 Å². The molecule has 2 aromatic rings. The van der Waals surface area contributed by atoms with E-state index in [1.807, 2.05) is 0 Å². The summed E-state index contributed by atoms with van der Waals surface area (Å²) in [4.78, 5) is 23.4. The van der Waals surface area contributed by atoms with Crippen molar-refractivity contribution >= 4 is 33.5 Å². The highest BCUT2D eigenvalue weighted by Gasteiger charge is 2.22. The molecule has 144 valence electrons. The minimum absolute atomic E-state index is 0.00558. The topological polar surface area (TPSA) is 102 Å². The van der Waals surface area contributed by atoms with Gasteiger partial charge in [0.2, 0.25) is 10.0 Å². The minimum Gasteiger partial charge on any atom is -0.468 e. The van der Waals surface area contributed by atoms with Crippen molar-refractivity contribution in [1.29, 1.82) is 0 Å². The third kappa shape index (κ3) is 5.78. The summed E-state index contributed by atoms with van der Waals surface area (Å²) in [7, 11) is -2.68. The van der Waals surface area contributed by atoms with Crippen LogP contribution in [-0.2, 0) is 26.1 Å². The molecule has 0 spiro atoms. The van der Waals surface area contributed by atoms with Gasteiger partial charge >= 0.3 is 5.97 Å². The molecule has 1 atom stereocenters. The maximum Gasteiger partial charge on any atom is 0.323 e. The van der Waals surface area contributed by atoms with Crippen LogP contribution in [0.4, 0.5) is 0 Å². The highest BCUT2D eigenvalue weighted by atomic mass is 35.5. The van der Waals surface area contributed by atoms with E-state index in [2.05, 4.69) is 14.8 Å². The normalized spacial score (nSPS) is 12.3. The minimum atomic E-state index is -3.86. The molecule has 0 aliphatic heterocycles.